The van der Waals surface area contributed by atoms with E-state index < -0.39 is 5.97 Å². The Morgan fingerprint density at radius 2 is 1.16 bits per heavy atom. The summed E-state index contributed by atoms with van der Waals surface area (Å²) in [5, 5.41) is 9.32. The van der Waals surface area contributed by atoms with E-state index in [2.05, 4.69) is 27.7 Å². The van der Waals surface area contributed by atoms with Crippen LogP contribution in [0.5, 0.6) is 0 Å². The minimum Gasteiger partial charge on any atom is -0.481 e. The van der Waals surface area contributed by atoms with E-state index in [1.54, 1.807) is 0 Å². The van der Waals surface area contributed by atoms with Gasteiger partial charge in [-0.25, -0.2) is 0 Å². The number of aliphatic carboxylic acids is 1. The van der Waals surface area contributed by atoms with Crippen molar-refractivity contribution in [3.8, 4) is 0 Å². The fourth-order valence-corrected chi connectivity index (χ4v) is 4.88. The van der Waals surface area contributed by atoms with Gasteiger partial charge in [0, 0.05) is 0 Å². The smallest absolute Gasteiger partial charge is 0.309 e. The van der Waals surface area contributed by atoms with Crippen molar-refractivity contribution < 1.29 is 19.4 Å². The monoisotopic (exact) mass is 452 g/mol. The lowest BCUT2D eigenvalue weighted by atomic mass is 9.81. The number of carboxylic acids is 1. The maximum atomic E-state index is 12.8. The van der Waals surface area contributed by atoms with Gasteiger partial charge in [-0.2, -0.15) is 0 Å². The molecule has 0 aromatic heterocycles. The lowest BCUT2D eigenvalue weighted by molar-refractivity contribution is -0.158. The van der Waals surface area contributed by atoms with Gasteiger partial charge < -0.3 is 9.84 Å². The lowest BCUT2D eigenvalue weighted by Gasteiger charge is -2.27. The molecule has 1 fully saturated rings. The summed E-state index contributed by atoms with van der Waals surface area (Å²) >= 11 is 0. The van der Waals surface area contributed by atoms with Gasteiger partial charge in [0.25, 0.3) is 0 Å². The van der Waals surface area contributed by atoms with Crippen molar-refractivity contribution in [1.29, 1.82) is 0 Å². The predicted octanol–water partition coefficient (Wildman–Crippen LogP) is 8.17. The second-order valence-corrected chi connectivity index (χ2v) is 11.1. The third-order valence-corrected chi connectivity index (χ3v) is 7.00. The molecular weight excluding hydrogens is 400 g/mol. The van der Waals surface area contributed by atoms with Crippen molar-refractivity contribution in [2.24, 2.45) is 23.7 Å². The highest BCUT2D eigenvalue weighted by Crippen LogP contribution is 2.31. The maximum absolute atomic E-state index is 12.8. The molecule has 0 heterocycles. The molecule has 0 bridgehead atoms. The minimum atomic E-state index is -0.766. The standard InChI is InChI=1S/C28H52O4/c1-22(2)15-10-7-5-6-8-12-19-26(20-13-9-11-16-23(3)4)32-28(31)25-18-14-17-24(21-25)27(29)30/h22-26H,5-21H2,1-4H3,(H,29,30). The van der Waals surface area contributed by atoms with Gasteiger partial charge >= 0.3 is 11.9 Å². The number of carbonyl (C=O) groups is 2. The Labute approximate surface area is 198 Å². The first-order chi connectivity index (χ1) is 15.3. The SMILES string of the molecule is CC(C)CCCCCCCCC(CCCCCC(C)C)OC(=O)C1CCCC(C(=O)O)C1. The molecule has 0 saturated heterocycles. The van der Waals surface area contributed by atoms with Gasteiger partial charge in [0.1, 0.15) is 6.10 Å². The molecule has 0 spiro atoms. The van der Waals surface area contributed by atoms with Crippen LogP contribution < -0.4 is 0 Å². The largest absolute Gasteiger partial charge is 0.481 e. The molecule has 0 aromatic rings. The van der Waals surface area contributed by atoms with E-state index in [9.17, 15) is 14.7 Å². The molecule has 188 valence electrons. The van der Waals surface area contributed by atoms with Crippen LogP contribution in [0.3, 0.4) is 0 Å². The lowest BCUT2D eigenvalue weighted by Crippen LogP contribution is -2.31. The van der Waals surface area contributed by atoms with Gasteiger partial charge in [-0.1, -0.05) is 91.9 Å². The van der Waals surface area contributed by atoms with Crippen molar-refractivity contribution in [2.75, 3.05) is 0 Å². The Balaban J connectivity index is 2.38. The maximum Gasteiger partial charge on any atom is 0.309 e. The van der Waals surface area contributed by atoms with Gasteiger partial charge in [0.05, 0.1) is 11.8 Å². The van der Waals surface area contributed by atoms with Crippen LogP contribution in [-0.2, 0) is 14.3 Å². The van der Waals surface area contributed by atoms with Crippen molar-refractivity contribution >= 4 is 11.9 Å². The fourth-order valence-electron chi connectivity index (χ4n) is 4.88. The van der Waals surface area contributed by atoms with Crippen LogP contribution in [0.2, 0.25) is 0 Å². The zero-order valence-corrected chi connectivity index (χ0v) is 21.6. The molecule has 3 atom stereocenters. The first-order valence-electron chi connectivity index (χ1n) is 13.7. The van der Waals surface area contributed by atoms with Crippen LogP contribution in [-0.4, -0.2) is 23.1 Å². The van der Waals surface area contributed by atoms with E-state index in [-0.39, 0.29) is 23.9 Å². The summed E-state index contributed by atoms with van der Waals surface area (Å²) in [6.45, 7) is 9.11. The summed E-state index contributed by atoms with van der Waals surface area (Å²) in [7, 11) is 0. The quantitative estimate of drug-likeness (QED) is 0.168. The van der Waals surface area contributed by atoms with Crippen LogP contribution in [0.4, 0.5) is 0 Å². The summed E-state index contributed by atoms with van der Waals surface area (Å²) in [6, 6.07) is 0. The Bertz CT molecular complexity index is 500. The average Bonchev–Trinajstić information content (AvgIpc) is 2.74. The second kappa shape index (κ2) is 17.4. The van der Waals surface area contributed by atoms with Gasteiger partial charge in [-0.3, -0.25) is 9.59 Å². The van der Waals surface area contributed by atoms with Crippen LogP contribution in [0, 0.1) is 23.7 Å². The second-order valence-electron chi connectivity index (χ2n) is 11.1. The number of unbranched alkanes of at least 4 members (excludes halogenated alkanes) is 7. The molecule has 4 nitrogen and oxygen atoms in total. The van der Waals surface area contributed by atoms with Crippen LogP contribution in [0.15, 0.2) is 0 Å². The van der Waals surface area contributed by atoms with Gasteiger partial charge in [0.2, 0.25) is 0 Å². The van der Waals surface area contributed by atoms with Crippen molar-refractivity contribution in [3.63, 3.8) is 0 Å². The van der Waals surface area contributed by atoms with Gasteiger partial charge in [-0.05, 0) is 56.8 Å². The molecule has 32 heavy (non-hydrogen) atoms. The van der Waals surface area contributed by atoms with E-state index in [0.29, 0.717) is 12.8 Å². The van der Waals surface area contributed by atoms with Crippen LogP contribution in [0.1, 0.15) is 137 Å². The Hall–Kier alpha value is -1.06. The molecular formula is C28H52O4. The summed E-state index contributed by atoms with van der Waals surface area (Å²) in [6.07, 6.45) is 18.4. The number of ether oxygens (including phenoxy) is 1. The van der Waals surface area contributed by atoms with Crippen molar-refractivity contribution in [3.05, 3.63) is 0 Å². The molecule has 1 N–H and O–H groups in total. The highest BCUT2D eigenvalue weighted by atomic mass is 16.5. The predicted molar refractivity (Wildman–Crippen MR) is 133 cm³/mol. The Morgan fingerprint density at radius 1 is 0.719 bits per heavy atom. The third kappa shape index (κ3) is 14.2. The molecule has 3 unspecified atom stereocenters. The van der Waals surface area contributed by atoms with Crippen molar-refractivity contribution in [2.45, 2.75) is 143 Å². The number of esters is 1. The third-order valence-electron chi connectivity index (χ3n) is 7.00. The van der Waals surface area contributed by atoms with E-state index in [1.807, 2.05) is 0 Å². The first kappa shape index (κ1) is 29.0. The number of hydrogen-bond acceptors (Lipinski definition) is 3. The van der Waals surface area contributed by atoms with Gasteiger partial charge in [-0.15, -0.1) is 0 Å². The van der Waals surface area contributed by atoms with Crippen LogP contribution in [0.25, 0.3) is 0 Å². The molecule has 1 aliphatic carbocycles. The van der Waals surface area contributed by atoms with E-state index >= 15 is 0 Å². The van der Waals surface area contributed by atoms with E-state index in [0.717, 1.165) is 50.4 Å². The normalized spacial score (nSPS) is 19.9. The molecule has 0 radical (unpaired) electrons. The minimum absolute atomic E-state index is 0.00713. The Morgan fingerprint density at radius 3 is 1.66 bits per heavy atom. The first-order valence-corrected chi connectivity index (χ1v) is 13.7. The molecule has 0 amide bonds. The number of hydrogen-bond donors (Lipinski definition) is 1. The zero-order valence-electron chi connectivity index (χ0n) is 21.6. The van der Waals surface area contributed by atoms with E-state index in [4.69, 9.17) is 4.74 Å². The highest BCUT2D eigenvalue weighted by molar-refractivity contribution is 5.75. The topological polar surface area (TPSA) is 63.6 Å². The summed E-state index contributed by atoms with van der Waals surface area (Å²) < 4.78 is 5.99. The number of rotatable bonds is 18. The van der Waals surface area contributed by atoms with Crippen LogP contribution >= 0.6 is 0 Å². The van der Waals surface area contributed by atoms with Crippen molar-refractivity contribution in [1.82, 2.24) is 0 Å². The molecule has 0 aromatic carbocycles. The zero-order chi connectivity index (χ0) is 23.8. The molecule has 1 rings (SSSR count). The molecule has 4 heteroatoms. The summed E-state index contributed by atoms with van der Waals surface area (Å²) in [4.78, 5) is 24.1. The Kier molecular flexibility index (Phi) is 15.8. The summed E-state index contributed by atoms with van der Waals surface area (Å²) in [5.41, 5.74) is 0. The fraction of sp³-hybridized carbons (Fsp3) is 0.929. The highest BCUT2D eigenvalue weighted by Gasteiger charge is 2.32. The summed E-state index contributed by atoms with van der Waals surface area (Å²) in [5.74, 6) is 0.0358. The molecule has 0 aliphatic heterocycles. The number of carboxylic acid groups (broad SMARTS) is 1. The number of carbonyl (C=O) groups excluding carboxylic acids is 1. The average molecular weight is 453 g/mol. The van der Waals surface area contributed by atoms with E-state index in [1.165, 1.54) is 57.8 Å². The molecule has 1 aliphatic rings. The van der Waals surface area contributed by atoms with Gasteiger partial charge in [0.15, 0.2) is 0 Å². The molecule has 1 saturated carbocycles.